The summed E-state index contributed by atoms with van der Waals surface area (Å²) in [5.74, 6) is -0.938. The fraction of sp³-hybridized carbons (Fsp3) is 0.706. The Hall–Kier alpha value is -3.15. The molecule has 0 fully saturated rings. The smallest absolute Gasteiger partial charge is 0.306 e. The Morgan fingerprint density at radius 2 is 0.719 bits per heavy atom. The fourth-order valence-corrected chi connectivity index (χ4v) is 6.12. The van der Waals surface area contributed by atoms with Gasteiger partial charge in [0.15, 0.2) is 6.10 Å². The summed E-state index contributed by atoms with van der Waals surface area (Å²) in [5, 5.41) is 0. The van der Waals surface area contributed by atoms with Crippen LogP contribution >= 0.6 is 0 Å². The van der Waals surface area contributed by atoms with Crippen LogP contribution in [0.15, 0.2) is 72.9 Å². The Bertz CT molecular complexity index is 1100. The van der Waals surface area contributed by atoms with Crippen LogP contribution < -0.4 is 0 Å². The molecular formula is C51H86O6. The van der Waals surface area contributed by atoms with Gasteiger partial charge in [0.2, 0.25) is 0 Å². The van der Waals surface area contributed by atoms with Crippen molar-refractivity contribution in [1.82, 2.24) is 0 Å². The molecule has 0 saturated carbocycles. The van der Waals surface area contributed by atoms with Crippen LogP contribution in [-0.2, 0) is 28.6 Å². The van der Waals surface area contributed by atoms with Crippen LogP contribution in [0.25, 0.3) is 0 Å². The fourth-order valence-electron chi connectivity index (χ4n) is 6.12. The Morgan fingerprint density at radius 3 is 1.16 bits per heavy atom. The number of carbonyl (C=O) groups excluding carboxylic acids is 3. The monoisotopic (exact) mass is 795 g/mol. The third-order valence-electron chi connectivity index (χ3n) is 9.65. The highest BCUT2D eigenvalue weighted by Crippen LogP contribution is 2.13. The van der Waals surface area contributed by atoms with E-state index in [1.165, 1.54) is 38.5 Å². The minimum Gasteiger partial charge on any atom is -0.462 e. The predicted molar refractivity (Wildman–Crippen MR) is 242 cm³/mol. The maximum atomic E-state index is 12.7. The molecule has 0 aromatic rings. The standard InChI is InChI=1S/C51H86O6/c1-4-7-10-13-16-19-22-24-25-27-29-32-35-38-41-44-50(53)56-47-48(46-55-49(52)43-40-37-34-31-28-21-18-15-12-9-6-3)57-51(54)45-42-39-36-33-30-26-23-20-17-14-11-8-5-2/h7,10-11,14-16,18-20,23-25,48H,4-6,8-9,12-13,17,21-22,26-47H2,1-3H3/b10-7-,14-11-,18-15-,19-16-,23-20-,25-24-. The molecule has 6 nitrogen and oxygen atoms in total. The molecule has 0 aliphatic carbocycles. The third kappa shape index (κ3) is 43.8. The number of unbranched alkanes of at least 4 members (excludes halogenated alkanes) is 18. The summed E-state index contributed by atoms with van der Waals surface area (Å²) in [6, 6.07) is 0. The zero-order chi connectivity index (χ0) is 41.5. The molecule has 0 aliphatic heterocycles. The molecule has 0 saturated heterocycles. The highest BCUT2D eigenvalue weighted by atomic mass is 16.6. The second-order valence-electron chi connectivity index (χ2n) is 15.3. The summed E-state index contributed by atoms with van der Waals surface area (Å²) in [7, 11) is 0. The summed E-state index contributed by atoms with van der Waals surface area (Å²) in [6.45, 7) is 6.37. The first-order chi connectivity index (χ1) is 28.0. The van der Waals surface area contributed by atoms with Crippen molar-refractivity contribution < 1.29 is 28.6 Å². The van der Waals surface area contributed by atoms with Crippen molar-refractivity contribution in [2.45, 2.75) is 219 Å². The topological polar surface area (TPSA) is 78.9 Å². The molecule has 0 amide bonds. The van der Waals surface area contributed by atoms with Gasteiger partial charge in [-0.05, 0) is 96.3 Å². The summed E-state index contributed by atoms with van der Waals surface area (Å²) in [6.07, 6.45) is 55.9. The van der Waals surface area contributed by atoms with Gasteiger partial charge in [0.05, 0.1) is 0 Å². The zero-order valence-electron chi connectivity index (χ0n) is 37.1. The molecule has 0 rings (SSSR count). The number of carbonyl (C=O) groups is 3. The average molecular weight is 795 g/mol. The van der Waals surface area contributed by atoms with Gasteiger partial charge in [0.1, 0.15) is 13.2 Å². The Kier molecular flexibility index (Phi) is 43.0. The molecule has 0 bridgehead atoms. The molecule has 0 aromatic heterocycles. The van der Waals surface area contributed by atoms with Gasteiger partial charge in [-0.3, -0.25) is 14.4 Å². The Labute approximate surface area is 351 Å². The van der Waals surface area contributed by atoms with Crippen LogP contribution in [0.4, 0.5) is 0 Å². The van der Waals surface area contributed by atoms with Crippen molar-refractivity contribution in [2.75, 3.05) is 13.2 Å². The van der Waals surface area contributed by atoms with Gasteiger partial charge < -0.3 is 14.2 Å². The molecule has 1 unspecified atom stereocenters. The summed E-state index contributed by atoms with van der Waals surface area (Å²) >= 11 is 0. The molecule has 1 atom stereocenters. The predicted octanol–water partition coefficient (Wildman–Crippen LogP) is 15.1. The lowest BCUT2D eigenvalue weighted by molar-refractivity contribution is -0.167. The van der Waals surface area contributed by atoms with E-state index in [1.807, 2.05) is 0 Å². The normalized spacial score (nSPS) is 12.7. The van der Waals surface area contributed by atoms with Crippen LogP contribution in [0.1, 0.15) is 213 Å². The molecule has 0 N–H and O–H groups in total. The molecule has 0 heterocycles. The number of hydrogen-bond acceptors (Lipinski definition) is 6. The first-order valence-corrected chi connectivity index (χ1v) is 23.4. The van der Waals surface area contributed by atoms with Crippen LogP contribution in [-0.4, -0.2) is 37.2 Å². The summed E-state index contributed by atoms with van der Waals surface area (Å²) in [4.78, 5) is 37.8. The highest BCUT2D eigenvalue weighted by Gasteiger charge is 2.19. The Morgan fingerprint density at radius 1 is 0.368 bits per heavy atom. The molecule has 57 heavy (non-hydrogen) atoms. The molecule has 0 aromatic carbocycles. The number of esters is 3. The minimum absolute atomic E-state index is 0.0921. The lowest BCUT2D eigenvalue weighted by Gasteiger charge is -2.18. The van der Waals surface area contributed by atoms with E-state index in [4.69, 9.17) is 14.2 Å². The maximum Gasteiger partial charge on any atom is 0.306 e. The number of rotatable bonds is 41. The summed E-state index contributed by atoms with van der Waals surface area (Å²) < 4.78 is 16.7. The van der Waals surface area contributed by atoms with Gasteiger partial charge >= 0.3 is 17.9 Å². The second kappa shape index (κ2) is 45.6. The maximum absolute atomic E-state index is 12.7. The SMILES string of the molecule is CC/C=C\C/C=C\C/C=C\CCCCCCCC(=O)OCC(COC(=O)CCCCCCC/C=C\CCCC)OC(=O)CCCCCCC/C=C\C/C=C\CCC. The van der Waals surface area contributed by atoms with Gasteiger partial charge in [0.25, 0.3) is 0 Å². The van der Waals surface area contributed by atoms with E-state index in [0.29, 0.717) is 19.3 Å². The molecule has 0 aliphatic rings. The van der Waals surface area contributed by atoms with Crippen LogP contribution in [0.3, 0.4) is 0 Å². The Balaban J connectivity index is 4.44. The second-order valence-corrected chi connectivity index (χ2v) is 15.3. The van der Waals surface area contributed by atoms with Gasteiger partial charge in [-0.2, -0.15) is 0 Å². The van der Waals surface area contributed by atoms with E-state index < -0.39 is 6.10 Å². The number of allylic oxidation sites excluding steroid dienone is 12. The van der Waals surface area contributed by atoms with Crippen molar-refractivity contribution >= 4 is 17.9 Å². The van der Waals surface area contributed by atoms with E-state index >= 15 is 0 Å². The van der Waals surface area contributed by atoms with Gasteiger partial charge in [-0.25, -0.2) is 0 Å². The average Bonchev–Trinajstić information content (AvgIpc) is 3.21. The van der Waals surface area contributed by atoms with Crippen molar-refractivity contribution in [1.29, 1.82) is 0 Å². The van der Waals surface area contributed by atoms with E-state index in [0.717, 1.165) is 135 Å². The molecule has 0 radical (unpaired) electrons. The quantitative estimate of drug-likeness (QED) is 0.0265. The first kappa shape index (κ1) is 53.9. The van der Waals surface area contributed by atoms with Crippen LogP contribution in [0.2, 0.25) is 0 Å². The minimum atomic E-state index is -0.791. The third-order valence-corrected chi connectivity index (χ3v) is 9.65. The molecule has 0 spiro atoms. The lowest BCUT2D eigenvalue weighted by Crippen LogP contribution is -2.30. The molecule has 6 heteroatoms. The molecular weight excluding hydrogens is 709 g/mol. The van der Waals surface area contributed by atoms with Gasteiger partial charge in [-0.1, -0.05) is 171 Å². The van der Waals surface area contributed by atoms with Crippen LogP contribution in [0, 0.1) is 0 Å². The number of hydrogen-bond donors (Lipinski definition) is 0. The summed E-state index contributed by atoms with van der Waals surface area (Å²) in [5.41, 5.74) is 0. The van der Waals surface area contributed by atoms with Crippen molar-refractivity contribution in [3.8, 4) is 0 Å². The van der Waals surface area contributed by atoms with Gasteiger partial charge in [0, 0.05) is 19.3 Å². The van der Waals surface area contributed by atoms with E-state index in [2.05, 4.69) is 93.7 Å². The van der Waals surface area contributed by atoms with E-state index in [1.54, 1.807) is 0 Å². The molecule has 326 valence electrons. The lowest BCUT2D eigenvalue weighted by atomic mass is 10.1. The van der Waals surface area contributed by atoms with E-state index in [-0.39, 0.29) is 31.1 Å². The largest absolute Gasteiger partial charge is 0.462 e. The van der Waals surface area contributed by atoms with Crippen molar-refractivity contribution in [2.24, 2.45) is 0 Å². The number of ether oxygens (including phenoxy) is 3. The highest BCUT2D eigenvalue weighted by molar-refractivity contribution is 5.71. The van der Waals surface area contributed by atoms with Gasteiger partial charge in [-0.15, -0.1) is 0 Å². The van der Waals surface area contributed by atoms with E-state index in [9.17, 15) is 14.4 Å². The van der Waals surface area contributed by atoms with Crippen molar-refractivity contribution in [3.05, 3.63) is 72.9 Å². The zero-order valence-corrected chi connectivity index (χ0v) is 37.1. The van der Waals surface area contributed by atoms with Crippen LogP contribution in [0.5, 0.6) is 0 Å². The van der Waals surface area contributed by atoms with Crippen molar-refractivity contribution in [3.63, 3.8) is 0 Å². The first-order valence-electron chi connectivity index (χ1n) is 23.4.